The molecule has 5 heteroatoms. The van der Waals surface area contributed by atoms with Crippen LogP contribution in [0.15, 0.2) is 12.2 Å². The minimum atomic E-state index is -0.381. The van der Waals surface area contributed by atoms with Crippen molar-refractivity contribution < 1.29 is 23.8 Å². The fraction of sp³-hybridized carbons (Fsp3) is 0.818. The Morgan fingerprint density at radius 3 is 2.15 bits per heavy atom. The molecule has 0 aromatic heterocycles. The van der Waals surface area contributed by atoms with Gasteiger partial charge in [-0.3, -0.25) is 4.79 Å². The van der Waals surface area contributed by atoms with Crippen LogP contribution in [0.1, 0.15) is 78.1 Å². The van der Waals surface area contributed by atoms with E-state index >= 15 is 0 Å². The van der Waals surface area contributed by atoms with E-state index in [4.69, 9.17) is 14.2 Å². The van der Waals surface area contributed by atoms with E-state index in [9.17, 15) is 9.59 Å². The van der Waals surface area contributed by atoms with Gasteiger partial charge in [0.15, 0.2) is 0 Å². The summed E-state index contributed by atoms with van der Waals surface area (Å²) in [7, 11) is 0. The Balaban J connectivity index is 1.58. The molecule has 0 spiro atoms. The Labute approximate surface area is 163 Å². The highest BCUT2D eigenvalue weighted by Crippen LogP contribution is 2.32. The van der Waals surface area contributed by atoms with E-state index in [0.717, 1.165) is 44.4 Å². The van der Waals surface area contributed by atoms with Gasteiger partial charge >= 0.3 is 11.9 Å². The number of rotatable bonds is 9. The lowest BCUT2D eigenvalue weighted by Crippen LogP contribution is -2.32. The molecule has 0 heterocycles. The second kappa shape index (κ2) is 11.5. The van der Waals surface area contributed by atoms with Crippen LogP contribution in [0.25, 0.3) is 0 Å². The van der Waals surface area contributed by atoms with Crippen LogP contribution in [-0.2, 0) is 23.8 Å². The molecule has 0 unspecified atom stereocenters. The van der Waals surface area contributed by atoms with Crippen LogP contribution in [0.3, 0.4) is 0 Å². The molecular weight excluding hydrogens is 344 g/mol. The zero-order valence-corrected chi connectivity index (χ0v) is 17.0. The van der Waals surface area contributed by atoms with Gasteiger partial charge < -0.3 is 14.2 Å². The molecule has 5 nitrogen and oxygen atoms in total. The molecule has 0 N–H and O–H groups in total. The number of ether oxygens (including phenoxy) is 3. The van der Waals surface area contributed by atoms with Crippen LogP contribution in [0.2, 0.25) is 0 Å². The molecule has 0 saturated heterocycles. The molecule has 0 aromatic carbocycles. The number of hydrogen-bond acceptors (Lipinski definition) is 5. The molecular formula is C22H36O5. The first-order valence-corrected chi connectivity index (χ1v) is 10.6. The molecule has 0 aliphatic heterocycles. The maximum absolute atomic E-state index is 12.5. The maximum atomic E-state index is 12.5. The van der Waals surface area contributed by atoms with Gasteiger partial charge in [-0.15, -0.1) is 0 Å². The smallest absolute Gasteiger partial charge is 0.333 e. The van der Waals surface area contributed by atoms with Gasteiger partial charge in [-0.05, 0) is 64.2 Å². The van der Waals surface area contributed by atoms with Crippen LogP contribution in [0, 0.1) is 11.8 Å². The van der Waals surface area contributed by atoms with Crippen molar-refractivity contribution in [1.29, 1.82) is 0 Å². The van der Waals surface area contributed by atoms with E-state index in [-0.39, 0.29) is 36.7 Å². The largest absolute Gasteiger partial charge is 0.462 e. The second-order valence-corrected chi connectivity index (χ2v) is 8.13. The fourth-order valence-electron chi connectivity index (χ4n) is 4.14. The molecule has 2 aliphatic rings. The predicted octanol–water partition coefficient (Wildman–Crippen LogP) is 4.58. The van der Waals surface area contributed by atoms with Gasteiger partial charge in [-0.25, -0.2) is 4.79 Å². The monoisotopic (exact) mass is 380 g/mol. The topological polar surface area (TPSA) is 61.8 Å². The minimum absolute atomic E-state index is 0.0113. The summed E-state index contributed by atoms with van der Waals surface area (Å²) in [6.45, 7) is 8.04. The van der Waals surface area contributed by atoms with Crippen LogP contribution < -0.4 is 0 Å². The van der Waals surface area contributed by atoms with Crippen molar-refractivity contribution in [2.45, 2.75) is 90.3 Å². The highest BCUT2D eigenvalue weighted by atomic mass is 16.6. The van der Waals surface area contributed by atoms with Crippen molar-refractivity contribution >= 4 is 11.9 Å². The summed E-state index contributed by atoms with van der Waals surface area (Å²) in [6.07, 6.45) is 10.6. The Bertz CT molecular complexity index is 485. The Kier molecular flexibility index (Phi) is 9.32. The predicted molar refractivity (Wildman–Crippen MR) is 104 cm³/mol. The summed E-state index contributed by atoms with van der Waals surface area (Å²) >= 11 is 0. The lowest BCUT2D eigenvalue weighted by molar-refractivity contribution is -0.158. The highest BCUT2D eigenvalue weighted by molar-refractivity contribution is 5.86. The van der Waals surface area contributed by atoms with Gasteiger partial charge in [0.25, 0.3) is 0 Å². The van der Waals surface area contributed by atoms with Crippen molar-refractivity contribution in [3.05, 3.63) is 12.2 Å². The third kappa shape index (κ3) is 7.65. The summed E-state index contributed by atoms with van der Waals surface area (Å²) in [4.78, 5) is 23.7. The van der Waals surface area contributed by atoms with Crippen LogP contribution in [0.4, 0.5) is 0 Å². The Morgan fingerprint density at radius 2 is 1.56 bits per heavy atom. The molecule has 2 rings (SSSR count). The first kappa shape index (κ1) is 21.9. The van der Waals surface area contributed by atoms with Crippen molar-refractivity contribution in [3.63, 3.8) is 0 Å². The summed E-state index contributed by atoms with van der Waals surface area (Å²) in [5, 5.41) is 0. The number of esters is 2. The summed E-state index contributed by atoms with van der Waals surface area (Å²) in [5.74, 6) is 0.447. The molecule has 0 aromatic rings. The van der Waals surface area contributed by atoms with Gasteiger partial charge in [-0.1, -0.05) is 26.3 Å². The lowest BCUT2D eigenvalue weighted by Gasteiger charge is -2.31. The number of hydrogen-bond donors (Lipinski definition) is 0. The maximum Gasteiger partial charge on any atom is 0.333 e. The van der Waals surface area contributed by atoms with Gasteiger partial charge in [0.05, 0.1) is 18.6 Å². The highest BCUT2D eigenvalue weighted by Gasteiger charge is 2.30. The number of carbonyl (C=O) groups is 2. The summed E-state index contributed by atoms with van der Waals surface area (Å²) < 4.78 is 16.6. The van der Waals surface area contributed by atoms with E-state index in [0.29, 0.717) is 12.2 Å². The van der Waals surface area contributed by atoms with E-state index in [1.54, 1.807) is 6.92 Å². The molecule has 0 radical (unpaired) electrons. The molecule has 2 fully saturated rings. The molecule has 2 aliphatic carbocycles. The van der Waals surface area contributed by atoms with Crippen LogP contribution >= 0.6 is 0 Å². The zero-order chi connectivity index (χ0) is 19.6. The third-order valence-corrected chi connectivity index (χ3v) is 5.80. The molecule has 0 bridgehead atoms. The zero-order valence-electron chi connectivity index (χ0n) is 17.0. The minimum Gasteiger partial charge on any atom is -0.462 e. The van der Waals surface area contributed by atoms with Gasteiger partial charge in [0, 0.05) is 5.57 Å². The average Bonchev–Trinajstić information content (AvgIpc) is 2.67. The lowest BCUT2D eigenvalue weighted by atomic mass is 9.84. The van der Waals surface area contributed by atoms with Gasteiger partial charge in [0.1, 0.15) is 12.7 Å². The number of carbonyl (C=O) groups excluding carboxylic acids is 2. The van der Waals surface area contributed by atoms with E-state index in [1.165, 1.54) is 25.7 Å². The van der Waals surface area contributed by atoms with E-state index in [1.807, 2.05) is 0 Å². The molecule has 2 saturated carbocycles. The normalized spacial score (nSPS) is 28.4. The molecule has 154 valence electrons. The average molecular weight is 381 g/mol. The van der Waals surface area contributed by atoms with Crippen molar-refractivity contribution in [3.8, 4) is 0 Å². The van der Waals surface area contributed by atoms with Crippen LogP contribution in [0.5, 0.6) is 0 Å². The van der Waals surface area contributed by atoms with E-state index < -0.39 is 0 Å². The standard InChI is InChI=1S/C22H36O5/c1-4-5-17-6-10-20(11-7-17)27-22(24)18-8-12-19(13-9-18)25-14-15-26-21(23)16(2)3/h17-20H,2,4-15H2,1,3H3. The van der Waals surface area contributed by atoms with E-state index in [2.05, 4.69) is 13.5 Å². The second-order valence-electron chi connectivity index (χ2n) is 8.13. The van der Waals surface area contributed by atoms with Crippen molar-refractivity contribution in [1.82, 2.24) is 0 Å². The SMILES string of the molecule is C=C(C)C(=O)OCCOC1CCC(C(=O)OC2CCC(CCC)CC2)CC1. The molecule has 0 atom stereocenters. The van der Waals surface area contributed by atoms with Gasteiger partial charge in [0.2, 0.25) is 0 Å². The first-order chi connectivity index (χ1) is 13.0. The Morgan fingerprint density at radius 1 is 0.926 bits per heavy atom. The Hall–Kier alpha value is -1.36. The summed E-state index contributed by atoms with van der Waals surface area (Å²) in [6, 6.07) is 0. The van der Waals surface area contributed by atoms with Crippen LogP contribution in [-0.4, -0.2) is 37.4 Å². The summed E-state index contributed by atoms with van der Waals surface area (Å²) in [5.41, 5.74) is 0.396. The quantitative estimate of drug-likeness (QED) is 0.333. The first-order valence-electron chi connectivity index (χ1n) is 10.6. The van der Waals surface area contributed by atoms with Crippen molar-refractivity contribution in [2.75, 3.05) is 13.2 Å². The van der Waals surface area contributed by atoms with Gasteiger partial charge in [-0.2, -0.15) is 0 Å². The van der Waals surface area contributed by atoms with Crippen molar-refractivity contribution in [2.24, 2.45) is 11.8 Å². The molecule has 27 heavy (non-hydrogen) atoms. The molecule has 0 amide bonds. The third-order valence-electron chi connectivity index (χ3n) is 5.80. The fourth-order valence-corrected chi connectivity index (χ4v) is 4.14.